The van der Waals surface area contributed by atoms with Crippen LogP contribution in [0.1, 0.15) is 54.4 Å². The van der Waals surface area contributed by atoms with E-state index >= 15 is 0 Å². The van der Waals surface area contributed by atoms with E-state index in [9.17, 15) is 0 Å². The highest BCUT2D eigenvalue weighted by molar-refractivity contribution is 5.37. The van der Waals surface area contributed by atoms with Crippen LogP contribution in [0.4, 0.5) is 0 Å². The van der Waals surface area contributed by atoms with Crippen molar-refractivity contribution in [2.45, 2.75) is 38.1 Å². The van der Waals surface area contributed by atoms with Crippen molar-refractivity contribution in [3.63, 3.8) is 0 Å². The van der Waals surface area contributed by atoms with Gasteiger partial charge in [-0.3, -0.25) is 4.90 Å². The van der Waals surface area contributed by atoms with Crippen LogP contribution >= 0.6 is 0 Å². The molecule has 0 saturated carbocycles. The molecule has 1 aliphatic rings. The Kier molecular flexibility index (Phi) is 5.41. The summed E-state index contributed by atoms with van der Waals surface area (Å²) in [7, 11) is 0. The summed E-state index contributed by atoms with van der Waals surface area (Å²) in [5.41, 5.74) is 2.36. The van der Waals surface area contributed by atoms with Gasteiger partial charge in [0.1, 0.15) is 0 Å². The Balaban J connectivity index is 1.59. The van der Waals surface area contributed by atoms with E-state index in [1.54, 1.807) is 0 Å². The van der Waals surface area contributed by atoms with Gasteiger partial charge in [0.25, 0.3) is 0 Å². The van der Waals surface area contributed by atoms with Crippen molar-refractivity contribution in [2.75, 3.05) is 13.1 Å². The topological polar surface area (TPSA) is 42.2 Å². The van der Waals surface area contributed by atoms with Gasteiger partial charge in [0.15, 0.2) is 5.82 Å². The molecule has 4 rings (SSSR count). The maximum atomic E-state index is 5.63. The lowest BCUT2D eigenvalue weighted by atomic mass is 9.91. The van der Waals surface area contributed by atoms with Crippen LogP contribution in [-0.2, 0) is 6.54 Å². The van der Waals surface area contributed by atoms with Crippen molar-refractivity contribution in [1.82, 2.24) is 15.0 Å². The molecule has 1 fully saturated rings. The average molecular weight is 347 g/mol. The van der Waals surface area contributed by atoms with E-state index in [-0.39, 0.29) is 5.92 Å². The maximum Gasteiger partial charge on any atom is 0.240 e. The summed E-state index contributed by atoms with van der Waals surface area (Å²) in [5, 5.41) is 4.35. The monoisotopic (exact) mass is 347 g/mol. The van der Waals surface area contributed by atoms with Gasteiger partial charge < -0.3 is 4.52 Å². The van der Waals surface area contributed by atoms with Gasteiger partial charge in [-0.1, -0.05) is 78.7 Å². The lowest BCUT2D eigenvalue weighted by molar-refractivity contribution is 0.233. The molecule has 1 saturated heterocycles. The summed E-state index contributed by atoms with van der Waals surface area (Å²) in [6.07, 6.45) is 5.18. The molecule has 0 unspecified atom stereocenters. The molecule has 2 aromatic carbocycles. The molecule has 0 amide bonds. The third-order valence-electron chi connectivity index (χ3n) is 5.07. The normalized spacial score (nSPS) is 15.9. The third kappa shape index (κ3) is 4.02. The Hall–Kier alpha value is -2.46. The molecule has 0 atom stereocenters. The number of benzene rings is 2. The van der Waals surface area contributed by atoms with Crippen molar-refractivity contribution in [1.29, 1.82) is 0 Å². The molecule has 26 heavy (non-hydrogen) atoms. The number of nitrogens with zero attached hydrogens (tertiary/aromatic N) is 3. The Labute approximate surface area is 154 Å². The van der Waals surface area contributed by atoms with E-state index in [2.05, 4.69) is 58.6 Å². The van der Waals surface area contributed by atoms with Crippen LogP contribution in [0.25, 0.3) is 0 Å². The predicted octanol–water partition coefficient (Wildman–Crippen LogP) is 4.63. The molecule has 0 N–H and O–H groups in total. The molecular weight excluding hydrogens is 322 g/mol. The van der Waals surface area contributed by atoms with E-state index in [4.69, 9.17) is 9.51 Å². The minimum absolute atomic E-state index is 0.000895. The molecule has 1 aromatic heterocycles. The first kappa shape index (κ1) is 17.0. The average Bonchev–Trinajstić information content (AvgIpc) is 2.98. The van der Waals surface area contributed by atoms with E-state index in [0.29, 0.717) is 0 Å². The summed E-state index contributed by atoms with van der Waals surface area (Å²) in [6, 6.07) is 20.8. The van der Waals surface area contributed by atoms with Crippen LogP contribution in [0.15, 0.2) is 65.2 Å². The van der Waals surface area contributed by atoms with Crippen LogP contribution < -0.4 is 0 Å². The largest absolute Gasteiger partial charge is 0.338 e. The zero-order valence-electron chi connectivity index (χ0n) is 15.1. The zero-order valence-corrected chi connectivity index (χ0v) is 15.1. The standard InChI is InChI=1S/C22H25N3O/c1-2-10-16-25(15-9-1)17-20-23-22(24-26-20)21(18-11-5-3-6-12-18)19-13-7-4-8-14-19/h3-8,11-14,21H,1-2,9-10,15-17H2. The van der Waals surface area contributed by atoms with Crippen LogP contribution in [0.5, 0.6) is 0 Å². The Morgan fingerprint density at radius 1 is 0.808 bits per heavy atom. The highest BCUT2D eigenvalue weighted by atomic mass is 16.5. The molecule has 2 heterocycles. The zero-order chi connectivity index (χ0) is 17.6. The van der Waals surface area contributed by atoms with Crippen molar-refractivity contribution in [3.8, 4) is 0 Å². The molecule has 4 nitrogen and oxygen atoms in total. The molecule has 0 spiro atoms. The molecule has 0 radical (unpaired) electrons. The molecule has 0 aliphatic carbocycles. The highest BCUT2D eigenvalue weighted by Crippen LogP contribution is 2.30. The van der Waals surface area contributed by atoms with Crippen molar-refractivity contribution >= 4 is 0 Å². The first-order valence-electron chi connectivity index (χ1n) is 9.55. The van der Waals surface area contributed by atoms with Gasteiger partial charge in [0.2, 0.25) is 5.89 Å². The van der Waals surface area contributed by atoms with Gasteiger partial charge in [-0.15, -0.1) is 0 Å². The quantitative estimate of drug-likeness (QED) is 0.675. The van der Waals surface area contributed by atoms with Gasteiger partial charge in [-0.2, -0.15) is 4.98 Å². The number of hydrogen-bond donors (Lipinski definition) is 0. The number of rotatable bonds is 5. The molecule has 0 bridgehead atoms. The van der Waals surface area contributed by atoms with E-state index in [1.165, 1.54) is 36.8 Å². The molecular formula is C22H25N3O. The highest BCUT2D eigenvalue weighted by Gasteiger charge is 2.23. The van der Waals surface area contributed by atoms with Gasteiger partial charge >= 0.3 is 0 Å². The second-order valence-electron chi connectivity index (χ2n) is 6.99. The molecule has 3 aromatic rings. The first-order valence-corrected chi connectivity index (χ1v) is 9.55. The van der Waals surface area contributed by atoms with Gasteiger partial charge in [0, 0.05) is 0 Å². The number of aromatic nitrogens is 2. The third-order valence-corrected chi connectivity index (χ3v) is 5.07. The molecule has 4 heteroatoms. The summed E-state index contributed by atoms with van der Waals surface area (Å²) >= 11 is 0. The lowest BCUT2D eigenvalue weighted by Crippen LogP contribution is -2.24. The van der Waals surface area contributed by atoms with Gasteiger partial charge in [-0.25, -0.2) is 0 Å². The fourth-order valence-electron chi connectivity index (χ4n) is 3.72. The summed E-state index contributed by atoms with van der Waals surface area (Å²) in [5.74, 6) is 1.46. The second-order valence-corrected chi connectivity index (χ2v) is 6.99. The number of likely N-dealkylation sites (tertiary alicyclic amines) is 1. The van der Waals surface area contributed by atoms with E-state index < -0.39 is 0 Å². The summed E-state index contributed by atoms with van der Waals surface area (Å²) in [4.78, 5) is 7.20. The van der Waals surface area contributed by atoms with Gasteiger partial charge in [-0.05, 0) is 37.1 Å². The molecule has 134 valence electrons. The Bertz CT molecular complexity index is 753. The minimum Gasteiger partial charge on any atom is -0.338 e. The van der Waals surface area contributed by atoms with Gasteiger partial charge in [0.05, 0.1) is 12.5 Å². The Morgan fingerprint density at radius 3 is 1.96 bits per heavy atom. The van der Waals surface area contributed by atoms with Crippen molar-refractivity contribution in [2.24, 2.45) is 0 Å². The van der Waals surface area contributed by atoms with Crippen molar-refractivity contribution < 1.29 is 4.52 Å². The minimum atomic E-state index is -0.000895. The fourth-order valence-corrected chi connectivity index (χ4v) is 3.72. The SMILES string of the molecule is c1ccc(C(c2ccccc2)c2noc(CN3CCCCCC3)n2)cc1. The van der Waals surface area contributed by atoms with E-state index in [1.807, 2.05) is 12.1 Å². The predicted molar refractivity (Wildman–Crippen MR) is 102 cm³/mol. The summed E-state index contributed by atoms with van der Waals surface area (Å²) < 4.78 is 5.63. The van der Waals surface area contributed by atoms with Crippen LogP contribution in [0.2, 0.25) is 0 Å². The van der Waals surface area contributed by atoms with Crippen LogP contribution in [-0.4, -0.2) is 28.1 Å². The first-order chi connectivity index (χ1) is 12.9. The second kappa shape index (κ2) is 8.28. The summed E-state index contributed by atoms with van der Waals surface area (Å²) in [6.45, 7) is 3.00. The molecule has 1 aliphatic heterocycles. The lowest BCUT2D eigenvalue weighted by Gasteiger charge is -2.17. The smallest absolute Gasteiger partial charge is 0.240 e. The number of hydrogen-bond acceptors (Lipinski definition) is 4. The maximum absolute atomic E-state index is 5.63. The van der Waals surface area contributed by atoms with E-state index in [0.717, 1.165) is 31.3 Å². The fraction of sp³-hybridized carbons (Fsp3) is 0.364. The Morgan fingerprint density at radius 2 is 1.38 bits per heavy atom. The van der Waals surface area contributed by atoms with Crippen molar-refractivity contribution in [3.05, 3.63) is 83.5 Å². The van der Waals surface area contributed by atoms with Crippen LogP contribution in [0.3, 0.4) is 0 Å². The van der Waals surface area contributed by atoms with Crippen LogP contribution in [0, 0.1) is 0 Å².